The first kappa shape index (κ1) is 24.2. The van der Waals surface area contributed by atoms with E-state index < -0.39 is 0 Å². The van der Waals surface area contributed by atoms with E-state index in [0.29, 0.717) is 6.54 Å². The minimum absolute atomic E-state index is 0.0921. The van der Waals surface area contributed by atoms with Crippen molar-refractivity contribution in [2.24, 2.45) is 4.99 Å². The van der Waals surface area contributed by atoms with Crippen LogP contribution in [0.25, 0.3) is 0 Å². The van der Waals surface area contributed by atoms with Crippen molar-refractivity contribution in [2.75, 3.05) is 45.8 Å². The molecule has 0 spiro atoms. The summed E-state index contributed by atoms with van der Waals surface area (Å²) in [6, 6.07) is 7.83. The Morgan fingerprint density at radius 2 is 1.67 bits per heavy atom. The van der Waals surface area contributed by atoms with Crippen LogP contribution >= 0.6 is 0 Å². The molecule has 0 aromatic heterocycles. The number of nitrogens with one attached hydrogen (secondary N) is 2. The van der Waals surface area contributed by atoms with Crippen molar-refractivity contribution in [1.29, 1.82) is 0 Å². The van der Waals surface area contributed by atoms with E-state index in [-0.39, 0.29) is 5.91 Å². The van der Waals surface area contributed by atoms with Crippen LogP contribution in [0.2, 0.25) is 0 Å². The number of benzene rings is 1. The third-order valence-corrected chi connectivity index (χ3v) is 5.66. The summed E-state index contributed by atoms with van der Waals surface area (Å²) in [7, 11) is 0. The highest BCUT2D eigenvalue weighted by atomic mass is 16.2. The monoisotopic (exact) mass is 415 g/mol. The second kappa shape index (κ2) is 14.0. The van der Waals surface area contributed by atoms with Crippen molar-refractivity contribution in [1.82, 2.24) is 20.4 Å². The second-order valence-corrected chi connectivity index (χ2v) is 7.91. The molecule has 0 atom stereocenters. The number of aliphatic imine (C=N–C) groups is 1. The van der Waals surface area contributed by atoms with Gasteiger partial charge in [-0.05, 0) is 77.4 Å². The Balaban J connectivity index is 1.81. The molecule has 1 saturated heterocycles. The highest BCUT2D eigenvalue weighted by Gasteiger charge is 2.12. The van der Waals surface area contributed by atoms with Crippen molar-refractivity contribution in [3.05, 3.63) is 35.4 Å². The Bertz CT molecular complexity index is 632. The maximum Gasteiger partial charge on any atom is 0.253 e. The van der Waals surface area contributed by atoms with Crippen LogP contribution in [0.15, 0.2) is 29.3 Å². The molecule has 1 heterocycles. The summed E-state index contributed by atoms with van der Waals surface area (Å²) >= 11 is 0. The number of guanidine groups is 1. The quantitative estimate of drug-likeness (QED) is 0.349. The van der Waals surface area contributed by atoms with Gasteiger partial charge in [0.1, 0.15) is 0 Å². The van der Waals surface area contributed by atoms with Gasteiger partial charge in [-0.15, -0.1) is 0 Å². The lowest BCUT2D eigenvalue weighted by Crippen LogP contribution is -2.39. The van der Waals surface area contributed by atoms with Crippen molar-refractivity contribution < 1.29 is 4.79 Å². The van der Waals surface area contributed by atoms with Gasteiger partial charge >= 0.3 is 0 Å². The van der Waals surface area contributed by atoms with Gasteiger partial charge in [0.15, 0.2) is 5.96 Å². The number of carbonyl (C=O) groups is 1. The van der Waals surface area contributed by atoms with Gasteiger partial charge < -0.3 is 20.4 Å². The van der Waals surface area contributed by atoms with Crippen molar-refractivity contribution in [3.63, 3.8) is 0 Å². The zero-order valence-corrected chi connectivity index (χ0v) is 19.3. The summed E-state index contributed by atoms with van der Waals surface area (Å²) in [5.41, 5.74) is 1.85. The Hall–Kier alpha value is -2.08. The Morgan fingerprint density at radius 1 is 1.00 bits per heavy atom. The van der Waals surface area contributed by atoms with E-state index in [1.165, 1.54) is 38.8 Å². The van der Waals surface area contributed by atoms with Gasteiger partial charge in [-0.25, -0.2) is 4.99 Å². The molecule has 6 nitrogen and oxygen atoms in total. The molecular weight excluding hydrogens is 374 g/mol. The fourth-order valence-electron chi connectivity index (χ4n) is 3.83. The SMILES string of the molecule is CCNC(=NCc1ccc(C(=O)N(CC)CC)cc1)NCCCN1CCCCCC1. The average Bonchev–Trinajstić information content (AvgIpc) is 3.05. The summed E-state index contributed by atoms with van der Waals surface area (Å²) in [6.45, 7) is 13.6. The van der Waals surface area contributed by atoms with Crippen molar-refractivity contribution in [2.45, 2.75) is 59.4 Å². The second-order valence-electron chi connectivity index (χ2n) is 7.91. The molecule has 2 rings (SSSR count). The minimum atomic E-state index is 0.0921. The van der Waals surface area contributed by atoms with Gasteiger partial charge in [-0.2, -0.15) is 0 Å². The first-order valence-electron chi connectivity index (χ1n) is 11.8. The van der Waals surface area contributed by atoms with Gasteiger partial charge in [0, 0.05) is 31.7 Å². The Kier molecular flexibility index (Phi) is 11.3. The van der Waals surface area contributed by atoms with E-state index >= 15 is 0 Å². The predicted molar refractivity (Wildman–Crippen MR) is 126 cm³/mol. The van der Waals surface area contributed by atoms with Gasteiger partial charge in [0.05, 0.1) is 6.54 Å². The zero-order valence-electron chi connectivity index (χ0n) is 19.3. The molecule has 1 aliphatic rings. The van der Waals surface area contributed by atoms with E-state index in [1.807, 2.05) is 43.0 Å². The zero-order chi connectivity index (χ0) is 21.6. The molecule has 0 radical (unpaired) electrons. The molecule has 0 bridgehead atoms. The molecule has 30 heavy (non-hydrogen) atoms. The molecule has 1 fully saturated rings. The molecule has 1 aliphatic heterocycles. The highest BCUT2D eigenvalue weighted by molar-refractivity contribution is 5.94. The van der Waals surface area contributed by atoms with Gasteiger partial charge in [-0.1, -0.05) is 25.0 Å². The fraction of sp³-hybridized carbons (Fsp3) is 0.667. The topological polar surface area (TPSA) is 60.0 Å². The maximum atomic E-state index is 12.4. The van der Waals surface area contributed by atoms with Gasteiger partial charge in [0.25, 0.3) is 5.91 Å². The molecule has 6 heteroatoms. The summed E-state index contributed by atoms with van der Waals surface area (Å²) in [4.78, 5) is 21.6. The number of amides is 1. The average molecular weight is 416 g/mol. The van der Waals surface area contributed by atoms with E-state index in [4.69, 9.17) is 4.99 Å². The van der Waals surface area contributed by atoms with E-state index in [0.717, 1.165) is 56.2 Å². The third-order valence-electron chi connectivity index (χ3n) is 5.66. The van der Waals surface area contributed by atoms with Crippen molar-refractivity contribution in [3.8, 4) is 0 Å². The normalized spacial score (nSPS) is 15.5. The number of carbonyl (C=O) groups excluding carboxylic acids is 1. The first-order valence-corrected chi connectivity index (χ1v) is 11.8. The molecular formula is C24H41N5O. The van der Waals surface area contributed by atoms with Crippen LogP contribution in [0.5, 0.6) is 0 Å². The largest absolute Gasteiger partial charge is 0.357 e. The molecule has 168 valence electrons. The van der Waals surface area contributed by atoms with Crippen LogP contribution in [-0.2, 0) is 6.54 Å². The maximum absolute atomic E-state index is 12.4. The van der Waals surface area contributed by atoms with Crippen molar-refractivity contribution >= 4 is 11.9 Å². The molecule has 1 amide bonds. The highest BCUT2D eigenvalue weighted by Crippen LogP contribution is 2.10. The predicted octanol–water partition coefficient (Wildman–Crippen LogP) is 3.49. The fourth-order valence-corrected chi connectivity index (χ4v) is 3.83. The molecule has 0 saturated carbocycles. The molecule has 0 aliphatic carbocycles. The Labute approximate surface area is 183 Å². The molecule has 2 N–H and O–H groups in total. The van der Waals surface area contributed by atoms with E-state index in [1.54, 1.807) is 0 Å². The first-order chi connectivity index (χ1) is 14.7. The summed E-state index contributed by atoms with van der Waals surface area (Å²) in [6.07, 6.45) is 6.59. The molecule has 1 aromatic rings. The number of likely N-dealkylation sites (tertiary alicyclic amines) is 1. The van der Waals surface area contributed by atoms with Crippen LogP contribution in [0, 0.1) is 0 Å². The lowest BCUT2D eigenvalue weighted by atomic mass is 10.1. The van der Waals surface area contributed by atoms with Crippen LogP contribution < -0.4 is 10.6 Å². The van der Waals surface area contributed by atoms with Gasteiger partial charge in [0.2, 0.25) is 0 Å². The lowest BCUT2D eigenvalue weighted by Gasteiger charge is -2.20. The van der Waals surface area contributed by atoms with Gasteiger partial charge in [-0.3, -0.25) is 4.79 Å². The molecule has 0 unspecified atom stereocenters. The summed E-state index contributed by atoms with van der Waals surface area (Å²) in [5, 5.41) is 6.78. The van der Waals surface area contributed by atoms with Crippen LogP contribution in [0.1, 0.15) is 68.8 Å². The number of hydrogen-bond acceptors (Lipinski definition) is 3. The number of rotatable bonds is 10. The van der Waals surface area contributed by atoms with Crippen LogP contribution in [-0.4, -0.2) is 67.5 Å². The third kappa shape index (κ3) is 8.34. The van der Waals surface area contributed by atoms with E-state index in [9.17, 15) is 4.79 Å². The smallest absolute Gasteiger partial charge is 0.253 e. The minimum Gasteiger partial charge on any atom is -0.357 e. The standard InChI is InChI=1S/C24H41N5O/c1-4-25-24(26-16-11-19-28-17-9-7-8-10-18-28)27-20-21-12-14-22(15-13-21)23(30)29(5-2)6-3/h12-15H,4-11,16-20H2,1-3H3,(H2,25,26,27). The molecule has 1 aromatic carbocycles. The lowest BCUT2D eigenvalue weighted by molar-refractivity contribution is 0.0773. The summed E-state index contributed by atoms with van der Waals surface area (Å²) < 4.78 is 0. The Morgan fingerprint density at radius 3 is 2.27 bits per heavy atom. The van der Waals surface area contributed by atoms with Crippen LogP contribution in [0.3, 0.4) is 0 Å². The number of nitrogens with zero attached hydrogens (tertiary/aromatic N) is 3. The summed E-state index contributed by atoms with van der Waals surface area (Å²) in [5.74, 6) is 0.950. The van der Waals surface area contributed by atoms with E-state index in [2.05, 4.69) is 22.5 Å². The number of hydrogen-bond donors (Lipinski definition) is 2. The van der Waals surface area contributed by atoms with Crippen LogP contribution in [0.4, 0.5) is 0 Å².